The van der Waals surface area contributed by atoms with E-state index in [1.165, 1.54) is 57.9 Å². The molecule has 0 saturated carbocycles. The van der Waals surface area contributed by atoms with Gasteiger partial charge in [0.05, 0.1) is 6.61 Å². The first-order valence-electron chi connectivity index (χ1n) is 8.13. The highest BCUT2D eigenvalue weighted by Crippen LogP contribution is 2.09. The standard InChI is InChI=1S/C14H26O2.C4H6O2/c1-3-5-6-7-8-9-10-11-12-13-16-14(15)4-2;1-3(2)4(5)6/h4H,2-3,5-13H2,1H3;1H2,2H3,(H,5,6). The highest BCUT2D eigenvalue weighted by Gasteiger charge is 1.95. The molecule has 0 amide bonds. The van der Waals surface area contributed by atoms with Gasteiger partial charge in [-0.15, -0.1) is 0 Å². The molecule has 0 aromatic carbocycles. The van der Waals surface area contributed by atoms with E-state index < -0.39 is 5.97 Å². The van der Waals surface area contributed by atoms with Crippen molar-refractivity contribution in [3.8, 4) is 0 Å². The molecule has 128 valence electrons. The van der Waals surface area contributed by atoms with Gasteiger partial charge in [0.2, 0.25) is 0 Å². The predicted octanol–water partition coefficient (Wildman–Crippen LogP) is 4.89. The Morgan fingerprint density at radius 3 is 1.77 bits per heavy atom. The van der Waals surface area contributed by atoms with Gasteiger partial charge in [0.25, 0.3) is 0 Å². The van der Waals surface area contributed by atoms with E-state index in [0.717, 1.165) is 12.8 Å². The molecule has 0 spiro atoms. The number of esters is 1. The lowest BCUT2D eigenvalue weighted by Crippen LogP contribution is -2.01. The minimum absolute atomic E-state index is 0.176. The Bertz CT molecular complexity index is 309. The molecular formula is C18H32O4. The molecule has 1 N–H and O–H groups in total. The Kier molecular flexibility index (Phi) is 18.0. The molecule has 0 atom stereocenters. The normalized spacial score (nSPS) is 9.36. The van der Waals surface area contributed by atoms with Crippen LogP contribution in [0.3, 0.4) is 0 Å². The molecule has 0 aliphatic rings. The summed E-state index contributed by atoms with van der Waals surface area (Å²) in [7, 11) is 0. The number of carboxylic acids is 1. The van der Waals surface area contributed by atoms with Crippen molar-refractivity contribution in [1.82, 2.24) is 0 Å². The second-order valence-electron chi connectivity index (χ2n) is 5.29. The lowest BCUT2D eigenvalue weighted by molar-refractivity contribution is -0.138. The van der Waals surface area contributed by atoms with Gasteiger partial charge in [-0.3, -0.25) is 0 Å². The van der Waals surface area contributed by atoms with Gasteiger partial charge in [-0.05, 0) is 13.3 Å². The first-order chi connectivity index (χ1) is 10.5. The largest absolute Gasteiger partial charge is 0.478 e. The van der Waals surface area contributed by atoms with Crippen molar-refractivity contribution in [3.05, 3.63) is 24.8 Å². The van der Waals surface area contributed by atoms with Crippen LogP contribution < -0.4 is 0 Å². The van der Waals surface area contributed by atoms with Gasteiger partial charge < -0.3 is 9.84 Å². The van der Waals surface area contributed by atoms with E-state index in [0.29, 0.717) is 6.61 Å². The maximum absolute atomic E-state index is 10.7. The van der Waals surface area contributed by atoms with Crippen LogP contribution in [0.15, 0.2) is 24.8 Å². The summed E-state index contributed by atoms with van der Waals surface area (Å²) in [6, 6.07) is 0. The van der Waals surface area contributed by atoms with Crippen LogP contribution in [0.1, 0.15) is 71.6 Å². The molecule has 4 nitrogen and oxygen atoms in total. The van der Waals surface area contributed by atoms with Crippen molar-refractivity contribution >= 4 is 11.9 Å². The fourth-order valence-corrected chi connectivity index (χ4v) is 1.64. The number of carbonyl (C=O) groups excluding carboxylic acids is 1. The third-order valence-corrected chi connectivity index (χ3v) is 3.02. The molecule has 0 aliphatic heterocycles. The van der Waals surface area contributed by atoms with Crippen LogP contribution >= 0.6 is 0 Å². The number of ether oxygens (including phenoxy) is 1. The zero-order valence-corrected chi connectivity index (χ0v) is 14.2. The molecule has 0 rings (SSSR count). The molecule has 0 saturated heterocycles. The van der Waals surface area contributed by atoms with Crippen molar-refractivity contribution in [3.63, 3.8) is 0 Å². The number of carbonyl (C=O) groups is 2. The van der Waals surface area contributed by atoms with Crippen LogP contribution in [0.25, 0.3) is 0 Å². The lowest BCUT2D eigenvalue weighted by Gasteiger charge is -2.02. The van der Waals surface area contributed by atoms with E-state index in [-0.39, 0.29) is 11.5 Å². The third kappa shape index (κ3) is 20.7. The lowest BCUT2D eigenvalue weighted by atomic mass is 10.1. The van der Waals surface area contributed by atoms with Crippen LogP contribution in [0.5, 0.6) is 0 Å². The summed E-state index contributed by atoms with van der Waals surface area (Å²) < 4.78 is 4.89. The van der Waals surface area contributed by atoms with Gasteiger partial charge in [-0.1, -0.05) is 71.4 Å². The quantitative estimate of drug-likeness (QED) is 0.316. The molecule has 0 heterocycles. The topological polar surface area (TPSA) is 63.6 Å². The van der Waals surface area contributed by atoms with Crippen molar-refractivity contribution in [1.29, 1.82) is 0 Å². The average Bonchev–Trinajstić information content (AvgIpc) is 2.49. The van der Waals surface area contributed by atoms with E-state index in [1.807, 2.05) is 0 Å². The summed E-state index contributed by atoms with van der Waals surface area (Å²) in [5.74, 6) is -1.24. The van der Waals surface area contributed by atoms with E-state index in [2.05, 4.69) is 20.1 Å². The molecule has 0 aliphatic carbocycles. The zero-order valence-electron chi connectivity index (χ0n) is 14.2. The summed E-state index contributed by atoms with van der Waals surface area (Å²) in [6.45, 7) is 10.7. The number of hydrogen-bond acceptors (Lipinski definition) is 3. The zero-order chi connectivity index (χ0) is 17.2. The van der Waals surface area contributed by atoms with E-state index in [4.69, 9.17) is 9.84 Å². The van der Waals surface area contributed by atoms with Crippen LogP contribution in [-0.2, 0) is 14.3 Å². The molecule has 0 aromatic heterocycles. The van der Waals surface area contributed by atoms with Crippen molar-refractivity contribution < 1.29 is 19.4 Å². The summed E-state index contributed by atoms with van der Waals surface area (Å²) >= 11 is 0. The van der Waals surface area contributed by atoms with Crippen molar-refractivity contribution in [2.75, 3.05) is 6.61 Å². The SMILES string of the molecule is C=C(C)C(=O)O.C=CC(=O)OCCCCCCCCCCC. The number of rotatable bonds is 12. The van der Waals surface area contributed by atoms with Crippen molar-refractivity contribution in [2.24, 2.45) is 0 Å². The Hall–Kier alpha value is -1.58. The van der Waals surface area contributed by atoms with Crippen LogP contribution in [-0.4, -0.2) is 23.7 Å². The molecule has 0 fully saturated rings. The number of hydrogen-bond donors (Lipinski definition) is 1. The Labute approximate surface area is 135 Å². The number of carboxylic acid groups (broad SMARTS) is 1. The van der Waals surface area contributed by atoms with Crippen LogP contribution in [0, 0.1) is 0 Å². The molecular weight excluding hydrogens is 280 g/mol. The minimum atomic E-state index is -0.935. The van der Waals surface area contributed by atoms with Gasteiger partial charge in [0.15, 0.2) is 0 Å². The monoisotopic (exact) mass is 312 g/mol. The van der Waals surface area contributed by atoms with Gasteiger partial charge in [-0.25, -0.2) is 9.59 Å². The summed E-state index contributed by atoms with van der Waals surface area (Å²) in [5, 5.41) is 7.89. The average molecular weight is 312 g/mol. The predicted molar refractivity (Wildman–Crippen MR) is 90.8 cm³/mol. The number of aliphatic carboxylic acids is 1. The smallest absolute Gasteiger partial charge is 0.330 e. The molecule has 0 aromatic rings. The fourth-order valence-electron chi connectivity index (χ4n) is 1.64. The van der Waals surface area contributed by atoms with Crippen molar-refractivity contribution in [2.45, 2.75) is 71.6 Å². The van der Waals surface area contributed by atoms with Gasteiger partial charge in [0, 0.05) is 11.6 Å². The Morgan fingerprint density at radius 1 is 1.00 bits per heavy atom. The maximum Gasteiger partial charge on any atom is 0.330 e. The second-order valence-corrected chi connectivity index (χ2v) is 5.29. The minimum Gasteiger partial charge on any atom is -0.478 e. The molecule has 0 bridgehead atoms. The van der Waals surface area contributed by atoms with E-state index in [9.17, 15) is 9.59 Å². The third-order valence-electron chi connectivity index (χ3n) is 3.02. The fraction of sp³-hybridized carbons (Fsp3) is 0.667. The Morgan fingerprint density at radius 2 is 1.41 bits per heavy atom. The van der Waals surface area contributed by atoms with Gasteiger partial charge in [-0.2, -0.15) is 0 Å². The molecule has 0 unspecified atom stereocenters. The molecule has 22 heavy (non-hydrogen) atoms. The number of unbranched alkanes of at least 4 members (excludes halogenated alkanes) is 8. The van der Waals surface area contributed by atoms with Gasteiger partial charge in [0.1, 0.15) is 0 Å². The van der Waals surface area contributed by atoms with Crippen LogP contribution in [0.2, 0.25) is 0 Å². The Balaban J connectivity index is 0. The first-order valence-corrected chi connectivity index (χ1v) is 8.13. The maximum atomic E-state index is 10.7. The first kappa shape index (κ1) is 22.7. The second kappa shape index (κ2) is 17.5. The van der Waals surface area contributed by atoms with Crippen LogP contribution in [0.4, 0.5) is 0 Å². The highest BCUT2D eigenvalue weighted by molar-refractivity contribution is 5.84. The summed E-state index contributed by atoms with van der Waals surface area (Å²) in [4.78, 5) is 20.3. The molecule has 0 radical (unpaired) electrons. The highest BCUT2D eigenvalue weighted by atomic mass is 16.5. The van der Waals surface area contributed by atoms with E-state index in [1.54, 1.807) is 0 Å². The summed E-state index contributed by atoms with van der Waals surface area (Å²) in [5.41, 5.74) is 0.176. The van der Waals surface area contributed by atoms with E-state index >= 15 is 0 Å². The summed E-state index contributed by atoms with van der Waals surface area (Å²) in [6.07, 6.45) is 12.7. The molecule has 4 heteroatoms. The van der Waals surface area contributed by atoms with Gasteiger partial charge >= 0.3 is 11.9 Å².